The quantitative estimate of drug-likeness (QED) is 0.677. The van der Waals surface area contributed by atoms with Crippen LogP contribution in [-0.2, 0) is 6.54 Å². The van der Waals surface area contributed by atoms with Crippen molar-refractivity contribution in [2.24, 2.45) is 5.92 Å². The molecule has 5 heterocycles. The molecular weight excluding hydrogens is 402 g/mol. The van der Waals surface area contributed by atoms with Crippen molar-refractivity contribution < 1.29 is 15.0 Å². The number of aliphatic hydroxyl groups excluding tert-OH is 2. The Balaban J connectivity index is 1.39. The second-order valence-electron chi connectivity index (χ2n) is 8.86. The number of aromatic nitrogens is 2. The van der Waals surface area contributed by atoms with Gasteiger partial charge in [-0.1, -0.05) is 0 Å². The lowest BCUT2D eigenvalue weighted by molar-refractivity contribution is 0.0966. The van der Waals surface area contributed by atoms with Gasteiger partial charge in [-0.3, -0.25) is 4.79 Å². The molecule has 2 aromatic heterocycles. The molecule has 0 radical (unpaired) electrons. The minimum atomic E-state index is -0.223. The Morgan fingerprint density at radius 2 is 2.03 bits per heavy atom. The van der Waals surface area contributed by atoms with E-state index in [9.17, 15) is 15.0 Å². The monoisotopic (exact) mass is 427 g/mol. The van der Waals surface area contributed by atoms with Crippen LogP contribution in [0.3, 0.4) is 0 Å². The fraction of sp³-hybridized carbons (Fsp3) is 0.571. The number of hydrogen-bond acceptors (Lipinski definition) is 8. The molecule has 2 aromatic rings. The molecule has 0 bridgehead atoms. The third kappa shape index (κ3) is 2.68. The number of piperidine rings is 2. The molecule has 9 heteroatoms. The summed E-state index contributed by atoms with van der Waals surface area (Å²) in [4.78, 5) is 26.7. The Hall–Kier alpha value is -2.23. The molecule has 1 aliphatic carbocycles. The summed E-state index contributed by atoms with van der Waals surface area (Å²) in [6, 6.07) is 1.99. The summed E-state index contributed by atoms with van der Waals surface area (Å²) >= 11 is 1.54. The summed E-state index contributed by atoms with van der Waals surface area (Å²) in [5.41, 5.74) is 2.05. The third-order valence-corrected chi connectivity index (χ3v) is 8.09. The van der Waals surface area contributed by atoms with Gasteiger partial charge in [0.2, 0.25) is 0 Å². The van der Waals surface area contributed by atoms with Crippen molar-refractivity contribution in [1.82, 2.24) is 15.3 Å². The largest absolute Gasteiger partial charge is 0.394 e. The van der Waals surface area contributed by atoms with Crippen LogP contribution in [0.5, 0.6) is 0 Å². The molecule has 0 spiro atoms. The van der Waals surface area contributed by atoms with Gasteiger partial charge in [0, 0.05) is 30.6 Å². The van der Waals surface area contributed by atoms with Gasteiger partial charge in [0.1, 0.15) is 16.6 Å². The maximum Gasteiger partial charge on any atom is 0.254 e. The normalized spacial score (nSPS) is 27.9. The van der Waals surface area contributed by atoms with E-state index >= 15 is 0 Å². The van der Waals surface area contributed by atoms with Crippen LogP contribution in [0.25, 0.3) is 10.6 Å². The van der Waals surface area contributed by atoms with Crippen LogP contribution in [0.4, 0.5) is 11.6 Å². The van der Waals surface area contributed by atoms with E-state index < -0.39 is 0 Å². The molecule has 3 N–H and O–H groups in total. The second kappa shape index (κ2) is 6.63. The van der Waals surface area contributed by atoms with Crippen molar-refractivity contribution in [2.45, 2.75) is 43.9 Å². The summed E-state index contributed by atoms with van der Waals surface area (Å²) < 4.78 is 0. The Kier molecular flexibility index (Phi) is 4.10. The first-order chi connectivity index (χ1) is 14.6. The zero-order chi connectivity index (χ0) is 20.5. The number of nitrogens with zero attached hydrogens (tertiary/aromatic N) is 4. The minimum Gasteiger partial charge on any atom is -0.394 e. The maximum atomic E-state index is 12.6. The highest BCUT2D eigenvalue weighted by Crippen LogP contribution is 2.56. The van der Waals surface area contributed by atoms with E-state index in [0.717, 1.165) is 73.2 Å². The smallest absolute Gasteiger partial charge is 0.254 e. The maximum absolute atomic E-state index is 12.6. The van der Waals surface area contributed by atoms with Gasteiger partial charge in [0.15, 0.2) is 0 Å². The third-order valence-electron chi connectivity index (χ3n) is 7.22. The number of thiazole rings is 1. The zero-order valence-corrected chi connectivity index (χ0v) is 17.5. The molecule has 2 atom stereocenters. The highest BCUT2D eigenvalue weighted by molar-refractivity contribution is 7.13. The number of amides is 1. The highest BCUT2D eigenvalue weighted by Gasteiger charge is 2.62. The van der Waals surface area contributed by atoms with E-state index in [0.29, 0.717) is 18.0 Å². The lowest BCUT2D eigenvalue weighted by Crippen LogP contribution is -2.38. The zero-order valence-electron chi connectivity index (χ0n) is 16.7. The lowest BCUT2D eigenvalue weighted by Gasteiger charge is -2.29. The van der Waals surface area contributed by atoms with Gasteiger partial charge in [0.25, 0.3) is 5.91 Å². The van der Waals surface area contributed by atoms with Gasteiger partial charge in [-0.15, -0.1) is 11.3 Å². The number of rotatable bonds is 4. The molecule has 8 nitrogen and oxygen atoms in total. The Morgan fingerprint density at radius 1 is 1.20 bits per heavy atom. The van der Waals surface area contributed by atoms with Gasteiger partial charge in [-0.2, -0.15) is 0 Å². The van der Waals surface area contributed by atoms with Crippen molar-refractivity contribution in [3.05, 3.63) is 22.7 Å². The van der Waals surface area contributed by atoms with Crippen LogP contribution < -0.4 is 15.1 Å². The fourth-order valence-electron chi connectivity index (χ4n) is 5.35. The number of carbonyl (C=O) groups is 1. The summed E-state index contributed by atoms with van der Waals surface area (Å²) in [7, 11) is 0. The van der Waals surface area contributed by atoms with E-state index in [1.165, 1.54) is 0 Å². The first kappa shape index (κ1) is 18.5. The van der Waals surface area contributed by atoms with E-state index in [4.69, 9.17) is 9.97 Å². The fourth-order valence-corrected chi connectivity index (χ4v) is 6.20. The lowest BCUT2D eigenvalue weighted by atomic mass is 10.1. The average Bonchev–Trinajstić information content (AvgIpc) is 3.11. The van der Waals surface area contributed by atoms with Gasteiger partial charge in [0.05, 0.1) is 36.1 Å². The number of nitrogens with one attached hydrogen (secondary N) is 1. The summed E-state index contributed by atoms with van der Waals surface area (Å²) in [6.45, 7) is 3.04. The first-order valence-corrected chi connectivity index (χ1v) is 11.6. The van der Waals surface area contributed by atoms with Gasteiger partial charge in [-0.05, 0) is 37.7 Å². The van der Waals surface area contributed by atoms with E-state index in [1.807, 2.05) is 11.4 Å². The molecule has 2 saturated heterocycles. The molecule has 6 rings (SSSR count). The van der Waals surface area contributed by atoms with Crippen LogP contribution in [0, 0.1) is 5.92 Å². The minimum absolute atomic E-state index is 0.0977. The van der Waals surface area contributed by atoms with Gasteiger partial charge in [-0.25, -0.2) is 9.97 Å². The molecule has 1 unspecified atom stereocenters. The Bertz CT molecular complexity index is 1010. The predicted molar refractivity (Wildman–Crippen MR) is 114 cm³/mol. The Morgan fingerprint density at radius 3 is 2.80 bits per heavy atom. The standard InChI is InChI=1S/C21H25N5O3S/c27-11-21-8-12(21)1-6-26(21)16-7-14(18-15(23-16)9-22-19(18)29)20-24-17(10-30-20)25-4-2-13(28)3-5-25/h7,10,12-13,27-28H,1-6,8-9,11H2,(H,22,29)/t12?,21-/m0/s1. The SMILES string of the molecule is O=C1NCc2nc(N3CCC4C[C@]43CO)cc(-c3nc(N4CCC(O)CC4)cs3)c21. The van der Waals surface area contributed by atoms with Crippen molar-refractivity contribution in [3.8, 4) is 10.6 Å². The molecule has 158 valence electrons. The molecule has 30 heavy (non-hydrogen) atoms. The van der Waals surface area contributed by atoms with Crippen molar-refractivity contribution >= 4 is 28.9 Å². The van der Waals surface area contributed by atoms with Gasteiger partial charge < -0.3 is 25.3 Å². The molecular formula is C21H25N5O3S. The highest BCUT2D eigenvalue weighted by atomic mass is 32.1. The van der Waals surface area contributed by atoms with Gasteiger partial charge >= 0.3 is 0 Å². The number of anilines is 2. The summed E-state index contributed by atoms with van der Waals surface area (Å²) in [6.07, 6.45) is 3.37. The van der Waals surface area contributed by atoms with Crippen LogP contribution in [0.1, 0.15) is 41.7 Å². The van der Waals surface area contributed by atoms with E-state index in [1.54, 1.807) is 11.3 Å². The number of carbonyl (C=O) groups excluding carboxylic acids is 1. The molecule has 4 aliphatic rings. The molecule has 3 fully saturated rings. The van der Waals surface area contributed by atoms with E-state index in [2.05, 4.69) is 15.1 Å². The van der Waals surface area contributed by atoms with Crippen molar-refractivity contribution in [3.63, 3.8) is 0 Å². The molecule has 0 aromatic carbocycles. The number of aliphatic hydroxyl groups is 2. The second-order valence-corrected chi connectivity index (χ2v) is 9.72. The first-order valence-electron chi connectivity index (χ1n) is 10.7. The molecule has 1 saturated carbocycles. The van der Waals surface area contributed by atoms with Crippen LogP contribution in [-0.4, -0.2) is 64.0 Å². The van der Waals surface area contributed by atoms with Crippen molar-refractivity contribution in [2.75, 3.05) is 36.0 Å². The average molecular weight is 428 g/mol. The predicted octanol–water partition coefficient (Wildman–Crippen LogP) is 1.37. The van der Waals surface area contributed by atoms with Crippen LogP contribution in [0.15, 0.2) is 11.4 Å². The number of pyridine rings is 1. The van der Waals surface area contributed by atoms with Crippen LogP contribution in [0.2, 0.25) is 0 Å². The van der Waals surface area contributed by atoms with Crippen molar-refractivity contribution in [1.29, 1.82) is 0 Å². The molecule has 1 amide bonds. The topological polar surface area (TPSA) is 102 Å². The summed E-state index contributed by atoms with van der Waals surface area (Å²) in [5.74, 6) is 2.19. The number of fused-ring (bicyclic) bond motifs is 2. The Labute approximate surface area is 178 Å². The molecule has 3 aliphatic heterocycles. The summed E-state index contributed by atoms with van der Waals surface area (Å²) in [5, 5.41) is 25.5. The van der Waals surface area contributed by atoms with E-state index in [-0.39, 0.29) is 24.2 Å². The van der Waals surface area contributed by atoms with Crippen LogP contribution >= 0.6 is 11.3 Å². The number of hydrogen-bond donors (Lipinski definition) is 3.